The van der Waals surface area contributed by atoms with E-state index in [-0.39, 0.29) is 11.9 Å². The highest BCUT2D eigenvalue weighted by Gasteiger charge is 2.10. The number of anilines is 1. The van der Waals surface area contributed by atoms with Gasteiger partial charge in [-0.2, -0.15) is 13.1 Å². The van der Waals surface area contributed by atoms with Crippen molar-refractivity contribution in [2.24, 2.45) is 5.73 Å². The molecule has 0 atom stereocenters. The highest BCUT2D eigenvalue weighted by molar-refractivity contribution is 7.90. The third kappa shape index (κ3) is 5.15. The molecule has 100 valence electrons. The van der Waals surface area contributed by atoms with Gasteiger partial charge in [-0.25, -0.2) is 0 Å². The molecule has 0 amide bonds. The van der Waals surface area contributed by atoms with E-state index >= 15 is 0 Å². The summed E-state index contributed by atoms with van der Waals surface area (Å²) in [7, 11) is -3.54. The Morgan fingerprint density at radius 3 is 2.33 bits per heavy atom. The van der Waals surface area contributed by atoms with Crippen LogP contribution in [0.4, 0.5) is 5.69 Å². The molecule has 0 bridgehead atoms. The molecule has 0 spiro atoms. The summed E-state index contributed by atoms with van der Waals surface area (Å²) in [5.41, 5.74) is 6.61. The van der Waals surface area contributed by atoms with Crippen molar-refractivity contribution in [3.63, 3.8) is 0 Å². The van der Waals surface area contributed by atoms with Crippen molar-refractivity contribution in [1.82, 2.24) is 4.72 Å². The number of hydrogen-bond donors (Lipinski definition) is 4. The van der Waals surface area contributed by atoms with Gasteiger partial charge in [0.15, 0.2) is 0 Å². The zero-order valence-electron chi connectivity index (χ0n) is 10.4. The molecular weight excluding hydrogens is 252 g/mol. The molecule has 5 N–H and O–H groups in total. The Balaban J connectivity index is 2.72. The fourth-order valence-electron chi connectivity index (χ4n) is 1.41. The Bertz CT molecular complexity index is 508. The molecule has 0 aliphatic carbocycles. The molecule has 0 aromatic heterocycles. The van der Waals surface area contributed by atoms with Crippen LogP contribution in [0.15, 0.2) is 24.3 Å². The lowest BCUT2D eigenvalue weighted by Crippen LogP contribution is -2.35. The van der Waals surface area contributed by atoms with E-state index in [1.165, 1.54) is 0 Å². The third-order valence-corrected chi connectivity index (χ3v) is 3.28. The number of nitrogens with two attached hydrogens (primary N) is 1. The maximum Gasteiger partial charge on any atom is 0.299 e. The fraction of sp³-hybridized carbons (Fsp3) is 0.364. The average molecular weight is 270 g/mol. The number of benzene rings is 1. The van der Waals surface area contributed by atoms with E-state index < -0.39 is 10.2 Å². The number of nitrogens with one attached hydrogen (secondary N) is 3. The van der Waals surface area contributed by atoms with Crippen LogP contribution in [-0.2, 0) is 16.6 Å². The quantitative estimate of drug-likeness (QED) is 0.454. The molecule has 0 saturated heterocycles. The van der Waals surface area contributed by atoms with Crippen molar-refractivity contribution < 1.29 is 8.42 Å². The van der Waals surface area contributed by atoms with E-state index in [0.717, 1.165) is 5.56 Å². The Kier molecular flexibility index (Phi) is 4.69. The first-order valence-electron chi connectivity index (χ1n) is 5.50. The minimum Gasteiger partial charge on any atom is -0.387 e. The molecule has 18 heavy (non-hydrogen) atoms. The van der Waals surface area contributed by atoms with Gasteiger partial charge >= 0.3 is 0 Å². The summed E-state index contributed by atoms with van der Waals surface area (Å²) in [6, 6.07) is 6.57. The van der Waals surface area contributed by atoms with Crippen molar-refractivity contribution >= 4 is 21.7 Å². The van der Waals surface area contributed by atoms with Gasteiger partial charge in [-0.15, -0.1) is 0 Å². The second-order valence-electron chi connectivity index (χ2n) is 4.28. The van der Waals surface area contributed by atoms with Crippen LogP contribution in [0.5, 0.6) is 0 Å². The maximum absolute atomic E-state index is 11.6. The second-order valence-corrected chi connectivity index (χ2v) is 5.72. The Hall–Kier alpha value is -1.60. The number of hydrogen-bond acceptors (Lipinski definition) is 3. The topological polar surface area (TPSA) is 108 Å². The van der Waals surface area contributed by atoms with Crippen molar-refractivity contribution in [3.05, 3.63) is 29.8 Å². The van der Waals surface area contributed by atoms with Gasteiger partial charge in [0.1, 0.15) is 0 Å². The molecule has 1 aromatic carbocycles. The maximum atomic E-state index is 11.6. The first-order chi connectivity index (χ1) is 8.28. The molecule has 0 fully saturated rings. The standard InChI is InChI=1S/C11H18N4O2S/c1-8(2)14-18(16,17)15-10-5-3-9(4-6-10)7-11(12)13/h3-6,8,14-15H,7H2,1-2H3,(H3,12,13). The SMILES string of the molecule is CC(C)NS(=O)(=O)Nc1ccc(CC(=N)N)cc1. The Labute approximate surface area is 107 Å². The van der Waals surface area contributed by atoms with Gasteiger partial charge in [0.25, 0.3) is 10.2 Å². The molecule has 6 nitrogen and oxygen atoms in total. The lowest BCUT2D eigenvalue weighted by atomic mass is 10.1. The van der Waals surface area contributed by atoms with Crippen molar-refractivity contribution in [1.29, 1.82) is 5.41 Å². The highest BCUT2D eigenvalue weighted by Crippen LogP contribution is 2.11. The molecule has 7 heteroatoms. The summed E-state index contributed by atoms with van der Waals surface area (Å²) in [5.74, 6) is 0.0739. The molecule has 0 radical (unpaired) electrons. The van der Waals surface area contributed by atoms with Gasteiger partial charge in [0, 0.05) is 18.2 Å². The second kappa shape index (κ2) is 5.83. The predicted octanol–water partition coefficient (Wildman–Crippen LogP) is 0.820. The zero-order valence-corrected chi connectivity index (χ0v) is 11.2. The van der Waals surface area contributed by atoms with E-state index in [4.69, 9.17) is 11.1 Å². The molecule has 0 aliphatic rings. The van der Waals surface area contributed by atoms with Crippen LogP contribution in [0.1, 0.15) is 19.4 Å². The minimum atomic E-state index is -3.54. The smallest absolute Gasteiger partial charge is 0.299 e. The Morgan fingerprint density at radius 1 is 1.33 bits per heavy atom. The first kappa shape index (κ1) is 14.5. The van der Waals surface area contributed by atoms with Crippen LogP contribution in [0, 0.1) is 5.41 Å². The summed E-state index contributed by atoms with van der Waals surface area (Å²) in [6.45, 7) is 3.49. The molecule has 0 heterocycles. The largest absolute Gasteiger partial charge is 0.387 e. The normalized spacial score (nSPS) is 11.5. The van der Waals surface area contributed by atoms with Crippen LogP contribution in [0.25, 0.3) is 0 Å². The summed E-state index contributed by atoms with van der Waals surface area (Å²) in [6.07, 6.45) is 0.358. The van der Waals surface area contributed by atoms with Gasteiger partial charge in [-0.05, 0) is 31.5 Å². The van der Waals surface area contributed by atoms with Crippen LogP contribution < -0.4 is 15.2 Å². The zero-order chi connectivity index (χ0) is 13.8. The van der Waals surface area contributed by atoms with Gasteiger partial charge in [-0.1, -0.05) is 12.1 Å². The van der Waals surface area contributed by atoms with Gasteiger partial charge in [0.05, 0.1) is 5.84 Å². The van der Waals surface area contributed by atoms with Gasteiger partial charge in [0.2, 0.25) is 0 Å². The van der Waals surface area contributed by atoms with Crippen molar-refractivity contribution in [2.45, 2.75) is 26.3 Å². The van der Waals surface area contributed by atoms with Crippen molar-refractivity contribution in [3.8, 4) is 0 Å². The molecule has 1 rings (SSSR count). The van der Waals surface area contributed by atoms with Crippen LogP contribution in [0.2, 0.25) is 0 Å². The molecule has 0 saturated carbocycles. The van der Waals surface area contributed by atoms with Gasteiger partial charge < -0.3 is 5.73 Å². The fourth-order valence-corrected chi connectivity index (χ4v) is 2.53. The van der Waals surface area contributed by atoms with Gasteiger partial charge in [-0.3, -0.25) is 10.1 Å². The van der Waals surface area contributed by atoms with E-state index in [9.17, 15) is 8.42 Å². The van der Waals surface area contributed by atoms with E-state index in [0.29, 0.717) is 12.1 Å². The summed E-state index contributed by atoms with van der Waals surface area (Å²) < 4.78 is 28.0. The average Bonchev–Trinajstić information content (AvgIpc) is 2.17. The lowest BCUT2D eigenvalue weighted by molar-refractivity contribution is 0.575. The van der Waals surface area contributed by atoms with E-state index in [1.807, 2.05) is 0 Å². The molecule has 0 unspecified atom stereocenters. The van der Waals surface area contributed by atoms with Crippen LogP contribution >= 0.6 is 0 Å². The summed E-state index contributed by atoms with van der Waals surface area (Å²) in [5, 5.41) is 7.16. The van der Waals surface area contributed by atoms with E-state index in [1.54, 1.807) is 38.1 Å². The first-order valence-corrected chi connectivity index (χ1v) is 6.99. The Morgan fingerprint density at radius 2 is 1.89 bits per heavy atom. The van der Waals surface area contributed by atoms with Crippen LogP contribution in [0.3, 0.4) is 0 Å². The lowest BCUT2D eigenvalue weighted by Gasteiger charge is -2.11. The van der Waals surface area contributed by atoms with Crippen molar-refractivity contribution in [2.75, 3.05) is 4.72 Å². The van der Waals surface area contributed by atoms with E-state index in [2.05, 4.69) is 9.44 Å². The summed E-state index contributed by atoms with van der Waals surface area (Å²) in [4.78, 5) is 0. The predicted molar refractivity (Wildman–Crippen MR) is 72.9 cm³/mol. The van der Waals surface area contributed by atoms with Crippen LogP contribution in [-0.4, -0.2) is 20.3 Å². The number of rotatable bonds is 6. The number of amidine groups is 1. The molecule has 1 aromatic rings. The third-order valence-electron chi connectivity index (χ3n) is 1.99. The molecule has 0 aliphatic heterocycles. The minimum absolute atomic E-state index is 0.0739. The monoisotopic (exact) mass is 270 g/mol. The highest BCUT2D eigenvalue weighted by atomic mass is 32.2. The molecular formula is C11H18N4O2S. The summed E-state index contributed by atoms with van der Waals surface area (Å²) >= 11 is 0.